The van der Waals surface area contributed by atoms with E-state index in [1.165, 1.54) is 18.3 Å². The molecule has 0 bridgehead atoms. The highest BCUT2D eigenvalue weighted by Gasteiger charge is 2.29. The second kappa shape index (κ2) is 7.35. The maximum Gasteiger partial charge on any atom is 0.276 e. The number of anilines is 1. The summed E-state index contributed by atoms with van der Waals surface area (Å²) in [5.41, 5.74) is 2.50. The van der Waals surface area contributed by atoms with Crippen LogP contribution in [-0.4, -0.2) is 49.3 Å². The van der Waals surface area contributed by atoms with E-state index in [4.69, 9.17) is 0 Å². The Kier molecular flexibility index (Phi) is 4.89. The number of benzene rings is 1. The van der Waals surface area contributed by atoms with Gasteiger partial charge in [-0.2, -0.15) is 0 Å². The molecule has 4 rings (SSSR count). The van der Waals surface area contributed by atoms with Gasteiger partial charge in [-0.25, -0.2) is 8.42 Å². The van der Waals surface area contributed by atoms with Gasteiger partial charge >= 0.3 is 0 Å². The third-order valence-electron chi connectivity index (χ3n) is 5.16. The Bertz CT molecular complexity index is 1040. The van der Waals surface area contributed by atoms with Crippen molar-refractivity contribution in [2.45, 2.75) is 25.3 Å². The summed E-state index contributed by atoms with van der Waals surface area (Å²) in [5, 5.41) is 2.74. The van der Waals surface area contributed by atoms with Crippen molar-refractivity contribution in [1.82, 2.24) is 10.3 Å². The lowest BCUT2D eigenvalue weighted by molar-refractivity contribution is 0.0941. The van der Waals surface area contributed by atoms with E-state index >= 15 is 0 Å². The average Bonchev–Trinajstić information content (AvgIpc) is 3.05. The number of para-hydroxylation sites is 1. The van der Waals surface area contributed by atoms with Gasteiger partial charge in [0.05, 0.1) is 11.5 Å². The van der Waals surface area contributed by atoms with Crippen molar-refractivity contribution >= 4 is 27.3 Å². The number of aromatic nitrogens is 1. The Morgan fingerprint density at radius 3 is 2.79 bits per heavy atom. The fraction of sp³-hybridized carbons (Fsp3) is 0.350. The number of aryl methyl sites for hydroxylation is 1. The minimum atomic E-state index is -3.08. The zero-order valence-corrected chi connectivity index (χ0v) is 16.1. The van der Waals surface area contributed by atoms with Gasteiger partial charge in [-0.3, -0.25) is 14.6 Å². The van der Waals surface area contributed by atoms with Crippen LogP contribution in [0.25, 0.3) is 0 Å². The molecule has 1 aromatic carbocycles. The monoisotopic (exact) mass is 399 g/mol. The van der Waals surface area contributed by atoms with Crippen LogP contribution < -0.4 is 10.2 Å². The van der Waals surface area contributed by atoms with Crippen LogP contribution in [-0.2, 0) is 16.3 Å². The Labute approximate surface area is 163 Å². The number of fused-ring (bicyclic) bond motifs is 1. The summed E-state index contributed by atoms with van der Waals surface area (Å²) in [7, 11) is -3.08. The van der Waals surface area contributed by atoms with Crippen LogP contribution in [0.3, 0.4) is 0 Å². The summed E-state index contributed by atoms with van der Waals surface area (Å²) in [4.78, 5) is 31.4. The first kappa shape index (κ1) is 18.6. The lowest BCUT2D eigenvalue weighted by Crippen LogP contribution is -2.37. The maximum absolute atomic E-state index is 13.0. The van der Waals surface area contributed by atoms with Crippen LogP contribution in [0.5, 0.6) is 0 Å². The van der Waals surface area contributed by atoms with Gasteiger partial charge in [-0.1, -0.05) is 18.2 Å². The summed E-state index contributed by atoms with van der Waals surface area (Å²) in [6.07, 6.45) is 3.65. The largest absolute Gasteiger partial charge is 0.348 e. The van der Waals surface area contributed by atoms with E-state index in [0.29, 0.717) is 18.5 Å². The van der Waals surface area contributed by atoms with Crippen molar-refractivity contribution in [2.24, 2.45) is 0 Å². The first-order chi connectivity index (χ1) is 13.4. The molecule has 0 spiro atoms. The number of hydrogen-bond donors (Lipinski definition) is 1. The highest BCUT2D eigenvalue weighted by molar-refractivity contribution is 7.91. The lowest BCUT2D eigenvalue weighted by atomic mass is 10.0. The summed E-state index contributed by atoms with van der Waals surface area (Å²) < 4.78 is 23.1. The van der Waals surface area contributed by atoms with Gasteiger partial charge in [0.15, 0.2) is 9.84 Å². The van der Waals surface area contributed by atoms with E-state index in [1.807, 2.05) is 24.3 Å². The molecule has 1 fully saturated rings. The van der Waals surface area contributed by atoms with E-state index < -0.39 is 21.8 Å². The molecule has 2 amide bonds. The van der Waals surface area contributed by atoms with Gasteiger partial charge in [0, 0.05) is 30.0 Å². The molecule has 7 nitrogen and oxygen atoms in total. The number of nitrogens with one attached hydrogen (secondary N) is 1. The molecule has 1 N–H and O–H groups in total. The maximum atomic E-state index is 13.0. The summed E-state index contributed by atoms with van der Waals surface area (Å²) in [5.74, 6) is -0.588. The fourth-order valence-corrected chi connectivity index (χ4v) is 5.42. The molecule has 0 saturated carbocycles. The molecule has 2 aliphatic rings. The summed E-state index contributed by atoms with van der Waals surface area (Å²) in [6.45, 7) is 0.605. The van der Waals surface area contributed by atoms with Crippen molar-refractivity contribution in [2.75, 3.05) is 23.0 Å². The summed E-state index contributed by atoms with van der Waals surface area (Å²) in [6, 6.07) is 10.4. The number of sulfone groups is 1. The number of amides is 2. The molecule has 0 radical (unpaired) electrons. The van der Waals surface area contributed by atoms with Crippen LogP contribution in [0.2, 0.25) is 0 Å². The fourth-order valence-electron chi connectivity index (χ4n) is 3.75. The molecular weight excluding hydrogens is 378 g/mol. The second-order valence-corrected chi connectivity index (χ2v) is 9.42. The number of hydrogen-bond acceptors (Lipinski definition) is 5. The van der Waals surface area contributed by atoms with Crippen molar-refractivity contribution in [3.8, 4) is 0 Å². The van der Waals surface area contributed by atoms with Gasteiger partial charge in [-0.15, -0.1) is 0 Å². The van der Waals surface area contributed by atoms with Crippen LogP contribution in [0.4, 0.5) is 5.69 Å². The van der Waals surface area contributed by atoms with Gasteiger partial charge in [0.2, 0.25) is 0 Å². The molecule has 1 aromatic heterocycles. The topological polar surface area (TPSA) is 96.4 Å². The van der Waals surface area contributed by atoms with Crippen LogP contribution in [0.1, 0.15) is 39.3 Å². The highest BCUT2D eigenvalue weighted by atomic mass is 32.2. The third-order valence-corrected chi connectivity index (χ3v) is 6.93. The zero-order valence-electron chi connectivity index (χ0n) is 15.3. The van der Waals surface area contributed by atoms with Gasteiger partial charge in [0.25, 0.3) is 11.8 Å². The van der Waals surface area contributed by atoms with Gasteiger partial charge in [0.1, 0.15) is 5.69 Å². The van der Waals surface area contributed by atoms with Gasteiger partial charge in [-0.05, 0) is 43.0 Å². The third kappa shape index (κ3) is 3.77. The highest BCUT2D eigenvalue weighted by Crippen LogP contribution is 2.27. The molecule has 0 aliphatic carbocycles. The number of carbonyl (C=O) groups is 2. The SMILES string of the molecule is O=C(NC1CCS(=O)(=O)C1)c1ccnc(C(=O)N2CCCc3ccccc32)c1. The molecule has 2 aliphatic heterocycles. The van der Waals surface area contributed by atoms with E-state index in [2.05, 4.69) is 10.3 Å². The molecule has 1 saturated heterocycles. The smallest absolute Gasteiger partial charge is 0.276 e. The standard InChI is InChI=1S/C20H21N3O4S/c24-19(22-16-8-11-28(26,27)13-16)15-7-9-21-17(12-15)20(25)23-10-3-5-14-4-1-2-6-18(14)23/h1-2,4,6-7,9,12,16H,3,5,8,10-11,13H2,(H,22,24). The molecule has 146 valence electrons. The first-order valence-corrected chi connectivity index (χ1v) is 11.1. The first-order valence-electron chi connectivity index (χ1n) is 9.30. The van der Waals surface area contributed by atoms with E-state index in [9.17, 15) is 18.0 Å². The van der Waals surface area contributed by atoms with Crippen molar-refractivity contribution in [3.63, 3.8) is 0 Å². The zero-order chi connectivity index (χ0) is 19.7. The number of nitrogens with zero attached hydrogens (tertiary/aromatic N) is 2. The number of pyridine rings is 1. The molecule has 2 aromatic rings. The molecule has 3 heterocycles. The Hall–Kier alpha value is -2.74. The second-order valence-electron chi connectivity index (χ2n) is 7.19. The molecule has 28 heavy (non-hydrogen) atoms. The normalized spacial score (nSPS) is 20.4. The van der Waals surface area contributed by atoms with Crippen LogP contribution >= 0.6 is 0 Å². The predicted octanol–water partition coefficient (Wildman–Crippen LogP) is 1.59. The number of rotatable bonds is 3. The van der Waals surface area contributed by atoms with Crippen molar-refractivity contribution in [3.05, 3.63) is 59.4 Å². The Morgan fingerprint density at radius 1 is 1.18 bits per heavy atom. The summed E-state index contributed by atoms with van der Waals surface area (Å²) >= 11 is 0. The minimum Gasteiger partial charge on any atom is -0.348 e. The van der Waals surface area contributed by atoms with Crippen molar-refractivity contribution < 1.29 is 18.0 Å². The molecule has 1 unspecified atom stereocenters. The van der Waals surface area contributed by atoms with Crippen LogP contribution in [0.15, 0.2) is 42.6 Å². The molecule has 1 atom stereocenters. The van der Waals surface area contributed by atoms with Crippen molar-refractivity contribution in [1.29, 1.82) is 0 Å². The molecular formula is C20H21N3O4S. The van der Waals surface area contributed by atoms with Crippen LogP contribution in [0, 0.1) is 0 Å². The predicted molar refractivity (Wildman–Crippen MR) is 105 cm³/mol. The number of carbonyl (C=O) groups excluding carboxylic acids is 2. The Balaban J connectivity index is 1.53. The van der Waals surface area contributed by atoms with E-state index in [0.717, 1.165) is 24.1 Å². The lowest BCUT2D eigenvalue weighted by Gasteiger charge is -2.29. The molecule has 8 heteroatoms. The minimum absolute atomic E-state index is 0.0415. The quantitative estimate of drug-likeness (QED) is 0.846. The van der Waals surface area contributed by atoms with E-state index in [1.54, 1.807) is 4.90 Å². The van der Waals surface area contributed by atoms with E-state index in [-0.39, 0.29) is 23.1 Å². The van der Waals surface area contributed by atoms with Gasteiger partial charge < -0.3 is 10.2 Å². The Morgan fingerprint density at radius 2 is 2.00 bits per heavy atom. The average molecular weight is 399 g/mol.